The SMILES string of the molecule is COCCOCCOc1c(OC)cc2cc(C(=O)N3C[C@@H](CCl)c4c3cc(O)c3[nH]c(C(=O)OC)cc43)[nH]c2c1OC. The lowest BCUT2D eigenvalue weighted by molar-refractivity contribution is 0.0535. The van der Waals surface area contributed by atoms with Gasteiger partial charge in [-0.15, -0.1) is 11.6 Å². The van der Waals surface area contributed by atoms with Gasteiger partial charge in [-0.25, -0.2) is 4.79 Å². The maximum absolute atomic E-state index is 13.9. The number of benzene rings is 2. The van der Waals surface area contributed by atoms with Gasteiger partial charge in [0.1, 0.15) is 23.7 Å². The van der Waals surface area contributed by atoms with Crippen LogP contribution in [0.5, 0.6) is 23.0 Å². The van der Waals surface area contributed by atoms with Crippen molar-refractivity contribution < 1.29 is 43.1 Å². The highest BCUT2D eigenvalue weighted by Gasteiger charge is 2.36. The minimum atomic E-state index is -0.572. The van der Waals surface area contributed by atoms with Gasteiger partial charge in [0.15, 0.2) is 11.5 Å². The lowest BCUT2D eigenvalue weighted by atomic mass is 9.98. The fourth-order valence-electron chi connectivity index (χ4n) is 5.28. The third-order valence-corrected chi connectivity index (χ3v) is 7.58. The van der Waals surface area contributed by atoms with Gasteiger partial charge in [-0.2, -0.15) is 0 Å². The predicted molar refractivity (Wildman–Crippen MR) is 156 cm³/mol. The van der Waals surface area contributed by atoms with E-state index in [9.17, 15) is 14.7 Å². The number of rotatable bonds is 12. The van der Waals surface area contributed by atoms with Crippen molar-refractivity contribution >= 4 is 51.0 Å². The van der Waals surface area contributed by atoms with E-state index in [1.807, 2.05) is 0 Å². The van der Waals surface area contributed by atoms with Crippen LogP contribution in [0.15, 0.2) is 24.3 Å². The third-order valence-electron chi connectivity index (χ3n) is 7.20. The Labute approximate surface area is 246 Å². The zero-order chi connectivity index (χ0) is 30.0. The summed E-state index contributed by atoms with van der Waals surface area (Å²) >= 11 is 6.35. The smallest absolute Gasteiger partial charge is 0.354 e. The fourth-order valence-corrected chi connectivity index (χ4v) is 5.53. The topological polar surface area (TPSA) is 145 Å². The zero-order valence-electron chi connectivity index (χ0n) is 23.7. The van der Waals surface area contributed by atoms with Crippen LogP contribution >= 0.6 is 11.6 Å². The number of fused-ring (bicyclic) bond motifs is 4. The highest BCUT2D eigenvalue weighted by molar-refractivity contribution is 6.19. The van der Waals surface area contributed by atoms with Gasteiger partial charge in [0, 0.05) is 42.3 Å². The van der Waals surface area contributed by atoms with Crippen LogP contribution in [0.2, 0.25) is 0 Å². The Morgan fingerprint density at radius 1 is 0.952 bits per heavy atom. The van der Waals surface area contributed by atoms with E-state index in [4.69, 9.17) is 40.0 Å². The van der Waals surface area contributed by atoms with Gasteiger partial charge in [-0.05, 0) is 23.8 Å². The van der Waals surface area contributed by atoms with Gasteiger partial charge < -0.3 is 48.4 Å². The summed E-state index contributed by atoms with van der Waals surface area (Å²) in [6.07, 6.45) is 0. The molecule has 0 fully saturated rings. The molecule has 2 aromatic heterocycles. The molecule has 0 spiro atoms. The number of aromatic hydroxyl groups is 1. The minimum Gasteiger partial charge on any atom is -0.506 e. The maximum Gasteiger partial charge on any atom is 0.354 e. The van der Waals surface area contributed by atoms with E-state index in [1.165, 1.54) is 27.4 Å². The maximum atomic E-state index is 13.9. The van der Waals surface area contributed by atoms with E-state index >= 15 is 0 Å². The van der Waals surface area contributed by atoms with Crippen molar-refractivity contribution in [2.45, 2.75) is 5.92 Å². The number of hydrogen-bond acceptors (Lipinski definition) is 9. The summed E-state index contributed by atoms with van der Waals surface area (Å²) in [6.45, 7) is 1.78. The number of H-pyrrole nitrogens is 2. The molecule has 0 bridgehead atoms. The average Bonchev–Trinajstić information content (AvgIpc) is 3.73. The van der Waals surface area contributed by atoms with Gasteiger partial charge in [-0.3, -0.25) is 4.79 Å². The van der Waals surface area contributed by atoms with Crippen LogP contribution in [0.4, 0.5) is 5.69 Å². The number of nitrogens with zero attached hydrogens (tertiary/aromatic N) is 1. The molecule has 13 heteroatoms. The number of ether oxygens (including phenoxy) is 6. The number of aromatic amines is 2. The fraction of sp³-hybridized carbons (Fsp3) is 0.379. The number of aromatic nitrogens is 2. The largest absolute Gasteiger partial charge is 0.506 e. The second-order valence-electron chi connectivity index (χ2n) is 9.60. The number of alkyl halides is 1. The van der Waals surface area contributed by atoms with E-state index in [0.29, 0.717) is 64.6 Å². The first-order valence-corrected chi connectivity index (χ1v) is 13.7. The number of hydrogen-bond donors (Lipinski definition) is 3. The Balaban J connectivity index is 1.50. The summed E-state index contributed by atoms with van der Waals surface area (Å²) in [5.74, 6) is 0.159. The average molecular weight is 602 g/mol. The lowest BCUT2D eigenvalue weighted by Gasteiger charge is -2.17. The summed E-state index contributed by atoms with van der Waals surface area (Å²) in [5, 5.41) is 12.1. The van der Waals surface area contributed by atoms with E-state index in [2.05, 4.69) is 9.97 Å². The number of esters is 1. The van der Waals surface area contributed by atoms with Gasteiger partial charge in [0.25, 0.3) is 5.91 Å². The molecule has 0 unspecified atom stereocenters. The molecule has 1 aliphatic heterocycles. The second kappa shape index (κ2) is 12.4. The molecule has 3 heterocycles. The molecule has 42 heavy (non-hydrogen) atoms. The lowest BCUT2D eigenvalue weighted by Crippen LogP contribution is -2.30. The Morgan fingerprint density at radius 3 is 2.40 bits per heavy atom. The highest BCUT2D eigenvalue weighted by atomic mass is 35.5. The van der Waals surface area contributed by atoms with Gasteiger partial charge in [-0.1, -0.05) is 0 Å². The van der Waals surface area contributed by atoms with Crippen molar-refractivity contribution in [2.75, 3.05) is 72.2 Å². The molecular weight excluding hydrogens is 570 g/mol. The normalized spacial score (nSPS) is 14.4. The van der Waals surface area contributed by atoms with Crippen molar-refractivity contribution in [1.29, 1.82) is 0 Å². The number of nitrogens with one attached hydrogen (secondary N) is 2. The molecule has 4 aromatic rings. The van der Waals surface area contributed by atoms with Crippen LogP contribution in [0.25, 0.3) is 21.8 Å². The molecule has 2 aromatic carbocycles. The number of phenols is 1. The monoisotopic (exact) mass is 601 g/mol. The standard InChI is InChI=1S/C29H32ClN3O9/c1-37-5-6-41-7-8-42-26-22(38-2)10-15-9-18(31-24(15)27(26)39-3)28(35)33-14-16(13-30)23-17-11-19(29(36)40-4)32-25(17)21(34)12-20(23)33/h9-12,16,31-32,34H,5-8,13-14H2,1-4H3/t16-/m1/s1. The molecule has 0 radical (unpaired) electrons. The number of methoxy groups -OCH3 is 4. The quantitative estimate of drug-likeness (QED) is 0.124. The number of anilines is 1. The summed E-state index contributed by atoms with van der Waals surface area (Å²) in [5.41, 5.74) is 2.67. The van der Waals surface area contributed by atoms with Crippen molar-refractivity contribution in [3.05, 3.63) is 41.2 Å². The van der Waals surface area contributed by atoms with Crippen molar-refractivity contribution in [3.8, 4) is 23.0 Å². The number of phenolic OH excluding ortho intramolecular Hbond substituents is 1. The Bertz CT molecular complexity index is 1630. The van der Waals surface area contributed by atoms with Crippen LogP contribution in [0.1, 0.15) is 32.5 Å². The first kappa shape index (κ1) is 29.4. The Hall–Kier alpha value is -4.13. The van der Waals surface area contributed by atoms with Gasteiger partial charge in [0.05, 0.1) is 57.9 Å². The Morgan fingerprint density at radius 2 is 1.71 bits per heavy atom. The molecule has 0 saturated carbocycles. The second-order valence-corrected chi connectivity index (χ2v) is 9.91. The van der Waals surface area contributed by atoms with Crippen LogP contribution < -0.4 is 19.1 Å². The van der Waals surface area contributed by atoms with Crippen LogP contribution in [0.3, 0.4) is 0 Å². The highest BCUT2D eigenvalue weighted by Crippen LogP contribution is 2.47. The van der Waals surface area contributed by atoms with Crippen molar-refractivity contribution in [1.82, 2.24) is 9.97 Å². The minimum absolute atomic E-state index is 0.108. The van der Waals surface area contributed by atoms with Crippen molar-refractivity contribution in [2.24, 2.45) is 0 Å². The van der Waals surface area contributed by atoms with E-state index < -0.39 is 5.97 Å². The summed E-state index contributed by atoms with van der Waals surface area (Å²) in [7, 11) is 5.91. The summed E-state index contributed by atoms with van der Waals surface area (Å²) in [6, 6.07) is 6.58. The van der Waals surface area contributed by atoms with Gasteiger partial charge >= 0.3 is 5.97 Å². The molecular formula is C29H32ClN3O9. The summed E-state index contributed by atoms with van der Waals surface area (Å²) < 4.78 is 32.5. The van der Waals surface area contributed by atoms with E-state index in [-0.39, 0.29) is 48.0 Å². The molecule has 1 atom stereocenters. The molecule has 5 rings (SSSR count). The van der Waals surface area contributed by atoms with E-state index in [1.54, 1.807) is 30.2 Å². The zero-order valence-corrected chi connectivity index (χ0v) is 24.4. The Kier molecular flexibility index (Phi) is 8.66. The first-order chi connectivity index (χ1) is 20.4. The van der Waals surface area contributed by atoms with Crippen LogP contribution in [0, 0.1) is 0 Å². The number of carbonyl (C=O) groups is 2. The molecule has 12 nitrogen and oxygen atoms in total. The molecule has 1 amide bonds. The van der Waals surface area contributed by atoms with Gasteiger partial charge in [0.2, 0.25) is 5.75 Å². The van der Waals surface area contributed by atoms with Crippen LogP contribution in [-0.2, 0) is 14.2 Å². The first-order valence-electron chi connectivity index (χ1n) is 13.2. The molecule has 224 valence electrons. The number of carbonyl (C=O) groups excluding carboxylic acids is 2. The molecule has 0 saturated heterocycles. The summed E-state index contributed by atoms with van der Waals surface area (Å²) in [4.78, 5) is 33.8. The predicted octanol–water partition coefficient (Wildman–Crippen LogP) is 4.18. The molecule has 0 aliphatic carbocycles. The van der Waals surface area contributed by atoms with E-state index in [0.717, 1.165) is 5.56 Å². The molecule has 3 N–H and O–H groups in total. The van der Waals surface area contributed by atoms with Crippen LogP contribution in [-0.4, -0.2) is 94.2 Å². The number of halogens is 1. The third kappa shape index (κ3) is 5.17. The number of amides is 1. The van der Waals surface area contributed by atoms with Crippen molar-refractivity contribution in [3.63, 3.8) is 0 Å². The molecule has 1 aliphatic rings.